The van der Waals surface area contributed by atoms with E-state index in [0.29, 0.717) is 34.9 Å². The van der Waals surface area contributed by atoms with Gasteiger partial charge < -0.3 is 9.15 Å². The lowest BCUT2D eigenvalue weighted by molar-refractivity contribution is 0.0985. The molecule has 1 amide bonds. The summed E-state index contributed by atoms with van der Waals surface area (Å²) in [5.41, 5.74) is 2.37. The number of thiol groups is 1. The number of amides is 1. The van der Waals surface area contributed by atoms with Gasteiger partial charge >= 0.3 is 0 Å². The van der Waals surface area contributed by atoms with E-state index in [1.807, 2.05) is 19.1 Å². The van der Waals surface area contributed by atoms with E-state index < -0.39 is 10.1 Å². The van der Waals surface area contributed by atoms with Crippen molar-refractivity contribution in [2.45, 2.75) is 18.4 Å². The number of carbonyl (C=O) groups excluding carboxylic acids is 1. The van der Waals surface area contributed by atoms with Crippen LogP contribution in [-0.4, -0.2) is 37.2 Å². The first kappa shape index (κ1) is 25.9. The molecule has 2 aromatic carbocycles. The maximum atomic E-state index is 11.7. The third-order valence-corrected chi connectivity index (χ3v) is 5.83. The summed E-state index contributed by atoms with van der Waals surface area (Å²) >= 11 is 3.77. The van der Waals surface area contributed by atoms with Crippen molar-refractivity contribution in [1.82, 2.24) is 9.71 Å². The Morgan fingerprint density at radius 1 is 1.29 bits per heavy atom. The number of aliphatic imine (C=N–C) groups is 1. The zero-order chi connectivity index (χ0) is 25.4. The fraction of sp³-hybridized carbons (Fsp3) is 0.125. The molecular formula is C24H23N3O6S2. The topological polar surface area (TPSA) is 131 Å². The minimum absolute atomic E-state index is 0.0125. The van der Waals surface area contributed by atoms with Crippen LogP contribution < -0.4 is 9.46 Å². The average molecular weight is 514 g/mol. The molecule has 0 saturated carbocycles. The maximum absolute atomic E-state index is 11.7. The second-order valence-electron chi connectivity index (χ2n) is 7.12. The molecule has 1 heterocycles. The van der Waals surface area contributed by atoms with Crippen molar-refractivity contribution in [3.05, 3.63) is 83.9 Å². The van der Waals surface area contributed by atoms with Gasteiger partial charge in [-0.25, -0.2) is 4.98 Å². The van der Waals surface area contributed by atoms with Crippen molar-refractivity contribution in [3.8, 4) is 17.1 Å². The largest absolute Gasteiger partial charge is 0.495 e. The molecule has 0 radical (unpaired) electrons. The van der Waals surface area contributed by atoms with E-state index in [2.05, 4.69) is 27.5 Å². The van der Waals surface area contributed by atoms with Crippen LogP contribution >= 0.6 is 12.8 Å². The first-order valence-electron chi connectivity index (χ1n) is 10.2. The zero-order valence-corrected chi connectivity index (χ0v) is 20.6. The van der Waals surface area contributed by atoms with Gasteiger partial charge in [0, 0.05) is 22.9 Å². The Morgan fingerprint density at radius 3 is 2.77 bits per heavy atom. The van der Waals surface area contributed by atoms with E-state index in [1.54, 1.807) is 42.6 Å². The highest BCUT2D eigenvalue weighted by molar-refractivity contribution is 7.86. The number of nitrogens with one attached hydrogen (secondary N) is 1. The van der Waals surface area contributed by atoms with E-state index in [1.165, 1.54) is 25.4 Å². The highest BCUT2D eigenvalue weighted by Crippen LogP contribution is 2.31. The minimum Gasteiger partial charge on any atom is -0.495 e. The molecule has 11 heteroatoms. The number of hydrogen-bond acceptors (Lipinski definition) is 8. The number of benzene rings is 2. The Labute approximate surface area is 208 Å². The number of ether oxygens (including phenoxy) is 1. The Kier molecular flexibility index (Phi) is 8.63. The van der Waals surface area contributed by atoms with Crippen LogP contribution in [0.15, 0.2) is 81.2 Å². The monoisotopic (exact) mass is 513 g/mol. The molecule has 0 bridgehead atoms. The number of carbonyl (C=O) groups is 1. The molecule has 182 valence electrons. The van der Waals surface area contributed by atoms with Crippen molar-refractivity contribution in [1.29, 1.82) is 0 Å². The van der Waals surface area contributed by atoms with Crippen molar-refractivity contribution in [3.63, 3.8) is 0 Å². The van der Waals surface area contributed by atoms with E-state index in [0.717, 1.165) is 5.56 Å². The van der Waals surface area contributed by atoms with Crippen molar-refractivity contribution < 1.29 is 26.9 Å². The molecule has 0 aliphatic heterocycles. The fourth-order valence-electron chi connectivity index (χ4n) is 3.12. The number of hydrogen-bond donors (Lipinski definition) is 3. The number of aromatic nitrogens is 1. The first-order chi connectivity index (χ1) is 16.8. The number of rotatable bonds is 9. The molecule has 0 atom stereocenters. The van der Waals surface area contributed by atoms with Crippen LogP contribution in [0.5, 0.6) is 5.75 Å². The summed E-state index contributed by atoms with van der Waals surface area (Å²) in [6, 6.07) is 11.3. The van der Waals surface area contributed by atoms with E-state index in [-0.39, 0.29) is 16.6 Å². The van der Waals surface area contributed by atoms with Crippen molar-refractivity contribution >= 4 is 40.6 Å². The lowest BCUT2D eigenvalue weighted by Crippen LogP contribution is -2.12. The van der Waals surface area contributed by atoms with Crippen LogP contribution in [-0.2, 0) is 16.7 Å². The predicted molar refractivity (Wildman–Crippen MR) is 136 cm³/mol. The van der Waals surface area contributed by atoms with Gasteiger partial charge in [0.05, 0.1) is 19.9 Å². The van der Waals surface area contributed by atoms with Gasteiger partial charge in [0.15, 0.2) is 5.76 Å². The summed E-state index contributed by atoms with van der Waals surface area (Å²) in [7, 11) is -3.19. The van der Waals surface area contributed by atoms with Gasteiger partial charge in [0.25, 0.3) is 16.0 Å². The van der Waals surface area contributed by atoms with Crippen LogP contribution in [0.4, 0.5) is 0 Å². The standard InChI is InChI=1S/C24H23N3O6S2/c1-3-5-17(10-11-25-14-16-6-4-7-19(12-16)23(28)27-34)24-26-15-21(33-24)18-8-9-20(32-2)22(13-18)35(29,30)31/h3-13,15,34H,14H2,1-2H3,(H,27,28)(H,29,30,31)/b5-3-,17-10+,25-11+. The van der Waals surface area contributed by atoms with Crippen molar-refractivity contribution in [2.24, 2.45) is 4.99 Å². The molecule has 0 spiro atoms. The molecule has 3 rings (SSSR count). The molecule has 9 nitrogen and oxygen atoms in total. The minimum atomic E-state index is -4.49. The molecule has 0 aliphatic carbocycles. The molecule has 0 saturated heterocycles. The molecular weight excluding hydrogens is 490 g/mol. The first-order valence-corrected chi connectivity index (χ1v) is 12.1. The Morgan fingerprint density at radius 2 is 2.09 bits per heavy atom. The predicted octanol–water partition coefficient (Wildman–Crippen LogP) is 4.40. The fourth-order valence-corrected chi connectivity index (χ4v) is 3.93. The smallest absolute Gasteiger partial charge is 0.298 e. The molecule has 35 heavy (non-hydrogen) atoms. The number of methoxy groups -OCH3 is 1. The Bertz CT molecular complexity index is 1410. The second-order valence-corrected chi connectivity index (χ2v) is 8.74. The molecule has 0 fully saturated rings. The number of oxazole rings is 1. The van der Waals surface area contributed by atoms with Crippen LogP contribution in [0, 0.1) is 0 Å². The SMILES string of the molecule is C\C=C/C(=C\C=N\Cc1cccc(C(=O)NS)c1)c1ncc(-c2ccc(OC)c(S(=O)(=O)O)c2)o1. The maximum Gasteiger partial charge on any atom is 0.298 e. The highest BCUT2D eigenvalue weighted by Gasteiger charge is 2.19. The van der Waals surface area contributed by atoms with Gasteiger partial charge in [-0.05, 0) is 48.9 Å². The number of nitrogens with zero attached hydrogens (tertiary/aromatic N) is 2. The lowest BCUT2D eigenvalue weighted by Gasteiger charge is -2.07. The third kappa shape index (κ3) is 6.69. The molecule has 1 aromatic heterocycles. The van der Waals surface area contributed by atoms with Gasteiger partial charge in [0.1, 0.15) is 10.6 Å². The van der Waals surface area contributed by atoms with Gasteiger partial charge in [-0.2, -0.15) is 8.42 Å². The van der Waals surface area contributed by atoms with Crippen LogP contribution in [0.3, 0.4) is 0 Å². The summed E-state index contributed by atoms with van der Waals surface area (Å²) in [6.45, 7) is 2.20. The third-order valence-electron chi connectivity index (χ3n) is 4.75. The lowest BCUT2D eigenvalue weighted by atomic mass is 10.1. The van der Waals surface area contributed by atoms with Gasteiger partial charge in [-0.1, -0.05) is 37.1 Å². The quantitative estimate of drug-likeness (QED) is 0.167. The van der Waals surface area contributed by atoms with Gasteiger partial charge in [0.2, 0.25) is 5.89 Å². The Balaban J connectivity index is 1.82. The number of allylic oxidation sites excluding steroid dienone is 4. The van der Waals surface area contributed by atoms with E-state index in [4.69, 9.17) is 9.15 Å². The van der Waals surface area contributed by atoms with Crippen LogP contribution in [0.2, 0.25) is 0 Å². The molecule has 2 N–H and O–H groups in total. The van der Waals surface area contributed by atoms with Crippen molar-refractivity contribution in [2.75, 3.05) is 7.11 Å². The second kappa shape index (κ2) is 11.6. The molecule has 3 aromatic rings. The Hall–Kier alpha value is -3.67. The average Bonchev–Trinajstić information content (AvgIpc) is 3.35. The summed E-state index contributed by atoms with van der Waals surface area (Å²) in [6.07, 6.45) is 8.38. The molecule has 0 aliphatic rings. The van der Waals surface area contributed by atoms with Gasteiger partial charge in [-0.3, -0.25) is 19.1 Å². The van der Waals surface area contributed by atoms with Crippen LogP contribution in [0.25, 0.3) is 16.9 Å². The van der Waals surface area contributed by atoms with Gasteiger partial charge in [-0.15, -0.1) is 0 Å². The summed E-state index contributed by atoms with van der Waals surface area (Å²) < 4.78 is 46.0. The van der Waals surface area contributed by atoms with E-state index >= 15 is 0 Å². The molecule has 0 unspecified atom stereocenters. The normalized spacial score (nSPS) is 12.4. The van der Waals surface area contributed by atoms with Crippen LogP contribution in [0.1, 0.15) is 28.7 Å². The highest BCUT2D eigenvalue weighted by atomic mass is 32.2. The summed E-state index contributed by atoms with van der Waals surface area (Å²) in [5, 5.41) is 0. The van der Waals surface area contributed by atoms with E-state index in [9.17, 15) is 17.8 Å². The zero-order valence-electron chi connectivity index (χ0n) is 18.9. The summed E-state index contributed by atoms with van der Waals surface area (Å²) in [5.74, 6) is 0.313. The summed E-state index contributed by atoms with van der Waals surface area (Å²) in [4.78, 5) is 20.0.